The number of hydrogen-bond acceptors (Lipinski definition) is 3. The topological polar surface area (TPSA) is 55.1 Å². The average Bonchev–Trinajstić information content (AvgIpc) is 2.40. The molecule has 1 aliphatic carbocycles. The van der Waals surface area contributed by atoms with Crippen LogP contribution in [0.15, 0.2) is 11.3 Å². The van der Waals surface area contributed by atoms with Crippen molar-refractivity contribution in [2.24, 2.45) is 17.1 Å². The SMILES string of the molecule is CC(=O)C1=C(N)C(C)CC12CCNCC2. The molecule has 1 spiro atoms. The first-order valence-corrected chi connectivity index (χ1v) is 5.78. The highest BCUT2D eigenvalue weighted by Gasteiger charge is 2.45. The summed E-state index contributed by atoms with van der Waals surface area (Å²) in [4.78, 5) is 11.7. The maximum atomic E-state index is 11.7. The zero-order chi connectivity index (χ0) is 11.1. The fraction of sp³-hybridized carbons (Fsp3) is 0.750. The number of carbonyl (C=O) groups excluding carboxylic acids is 1. The highest BCUT2D eigenvalue weighted by atomic mass is 16.1. The van der Waals surface area contributed by atoms with Crippen LogP contribution in [-0.2, 0) is 4.79 Å². The second-order valence-corrected chi connectivity index (χ2v) is 5.02. The fourth-order valence-electron chi connectivity index (χ4n) is 3.29. The number of nitrogens with one attached hydrogen (secondary N) is 1. The van der Waals surface area contributed by atoms with Gasteiger partial charge in [-0.2, -0.15) is 0 Å². The summed E-state index contributed by atoms with van der Waals surface area (Å²) in [5, 5.41) is 3.35. The quantitative estimate of drug-likeness (QED) is 0.680. The predicted molar refractivity (Wildman–Crippen MR) is 60.2 cm³/mol. The van der Waals surface area contributed by atoms with Gasteiger partial charge in [-0.15, -0.1) is 0 Å². The Bertz CT molecular complexity index is 314. The third-order valence-corrected chi connectivity index (χ3v) is 3.96. The molecule has 0 bridgehead atoms. The van der Waals surface area contributed by atoms with Gasteiger partial charge in [0, 0.05) is 16.7 Å². The van der Waals surface area contributed by atoms with E-state index in [1.54, 1.807) is 6.92 Å². The molecule has 0 aromatic carbocycles. The van der Waals surface area contributed by atoms with Crippen LogP contribution in [0.2, 0.25) is 0 Å². The Morgan fingerprint density at radius 3 is 2.60 bits per heavy atom. The van der Waals surface area contributed by atoms with E-state index in [4.69, 9.17) is 5.73 Å². The van der Waals surface area contributed by atoms with Crippen molar-refractivity contribution in [1.82, 2.24) is 5.32 Å². The van der Waals surface area contributed by atoms with E-state index in [9.17, 15) is 4.79 Å². The van der Waals surface area contributed by atoms with Crippen LogP contribution >= 0.6 is 0 Å². The summed E-state index contributed by atoms with van der Waals surface area (Å²) in [5.74, 6) is 0.556. The first-order chi connectivity index (χ1) is 7.07. The summed E-state index contributed by atoms with van der Waals surface area (Å²) in [6.07, 6.45) is 3.19. The molecule has 3 N–H and O–H groups in total. The molecule has 0 radical (unpaired) electrons. The standard InChI is InChI=1S/C12H20N2O/c1-8-7-12(3-5-14-6-4-12)10(9(2)15)11(8)13/h8,14H,3-7,13H2,1-2H3. The van der Waals surface area contributed by atoms with Gasteiger partial charge in [-0.05, 0) is 45.2 Å². The Kier molecular flexibility index (Phi) is 2.59. The highest BCUT2D eigenvalue weighted by molar-refractivity contribution is 5.96. The van der Waals surface area contributed by atoms with E-state index in [-0.39, 0.29) is 11.2 Å². The van der Waals surface area contributed by atoms with Crippen LogP contribution in [0.4, 0.5) is 0 Å². The minimum Gasteiger partial charge on any atom is -0.401 e. The molecule has 84 valence electrons. The molecule has 1 heterocycles. The van der Waals surface area contributed by atoms with E-state index in [0.717, 1.165) is 43.6 Å². The van der Waals surface area contributed by atoms with Gasteiger partial charge in [0.2, 0.25) is 0 Å². The monoisotopic (exact) mass is 208 g/mol. The van der Waals surface area contributed by atoms with Crippen molar-refractivity contribution in [1.29, 1.82) is 0 Å². The van der Waals surface area contributed by atoms with Crippen molar-refractivity contribution in [2.75, 3.05) is 13.1 Å². The van der Waals surface area contributed by atoms with Gasteiger partial charge in [0.15, 0.2) is 5.78 Å². The first kappa shape index (κ1) is 10.7. The van der Waals surface area contributed by atoms with Crippen molar-refractivity contribution in [3.63, 3.8) is 0 Å². The first-order valence-electron chi connectivity index (χ1n) is 5.78. The number of allylic oxidation sites excluding steroid dienone is 2. The van der Waals surface area contributed by atoms with Gasteiger partial charge >= 0.3 is 0 Å². The van der Waals surface area contributed by atoms with Crippen molar-refractivity contribution in [2.45, 2.75) is 33.1 Å². The van der Waals surface area contributed by atoms with Crippen molar-refractivity contribution < 1.29 is 4.79 Å². The molecule has 3 nitrogen and oxygen atoms in total. The lowest BCUT2D eigenvalue weighted by Crippen LogP contribution is -2.38. The Morgan fingerprint density at radius 2 is 2.07 bits per heavy atom. The molecule has 0 saturated carbocycles. The van der Waals surface area contributed by atoms with Gasteiger partial charge in [-0.3, -0.25) is 4.79 Å². The van der Waals surface area contributed by atoms with Crippen molar-refractivity contribution in [3.8, 4) is 0 Å². The number of carbonyl (C=O) groups is 1. The van der Waals surface area contributed by atoms with E-state index in [1.165, 1.54) is 0 Å². The lowest BCUT2D eigenvalue weighted by atomic mass is 9.72. The van der Waals surface area contributed by atoms with Crippen LogP contribution in [-0.4, -0.2) is 18.9 Å². The normalized spacial score (nSPS) is 29.9. The van der Waals surface area contributed by atoms with E-state index < -0.39 is 0 Å². The van der Waals surface area contributed by atoms with Crippen LogP contribution in [0.25, 0.3) is 0 Å². The molecule has 0 aromatic rings. The Morgan fingerprint density at radius 1 is 1.47 bits per heavy atom. The molecule has 15 heavy (non-hydrogen) atoms. The molecule has 1 aliphatic heterocycles. The number of nitrogens with two attached hydrogens (primary N) is 1. The van der Waals surface area contributed by atoms with Crippen LogP contribution in [0, 0.1) is 11.3 Å². The maximum Gasteiger partial charge on any atom is 0.158 e. The summed E-state index contributed by atoms with van der Waals surface area (Å²) < 4.78 is 0. The van der Waals surface area contributed by atoms with E-state index in [2.05, 4.69) is 12.2 Å². The largest absolute Gasteiger partial charge is 0.401 e. The van der Waals surface area contributed by atoms with Crippen LogP contribution < -0.4 is 11.1 Å². The number of rotatable bonds is 1. The molecule has 1 unspecified atom stereocenters. The summed E-state index contributed by atoms with van der Waals surface area (Å²) >= 11 is 0. The Hall–Kier alpha value is -0.830. The van der Waals surface area contributed by atoms with Gasteiger partial charge < -0.3 is 11.1 Å². The lowest BCUT2D eigenvalue weighted by Gasteiger charge is -2.36. The average molecular weight is 208 g/mol. The van der Waals surface area contributed by atoms with Crippen LogP contribution in [0.3, 0.4) is 0 Å². The third kappa shape index (κ3) is 1.59. The third-order valence-electron chi connectivity index (χ3n) is 3.96. The Labute approximate surface area is 91.1 Å². The van der Waals surface area contributed by atoms with E-state index in [0.29, 0.717) is 5.92 Å². The van der Waals surface area contributed by atoms with E-state index in [1.807, 2.05) is 0 Å². The smallest absolute Gasteiger partial charge is 0.158 e. The summed E-state index contributed by atoms with van der Waals surface area (Å²) in [6.45, 7) is 5.81. The van der Waals surface area contributed by atoms with Crippen LogP contribution in [0.1, 0.15) is 33.1 Å². The fourth-order valence-corrected chi connectivity index (χ4v) is 3.29. The van der Waals surface area contributed by atoms with Gasteiger partial charge in [0.25, 0.3) is 0 Å². The molecule has 0 aromatic heterocycles. The summed E-state index contributed by atoms with van der Waals surface area (Å²) in [5.41, 5.74) is 7.96. The Balaban J connectivity index is 2.37. The van der Waals surface area contributed by atoms with Gasteiger partial charge in [-0.25, -0.2) is 0 Å². The lowest BCUT2D eigenvalue weighted by molar-refractivity contribution is -0.114. The molecule has 1 saturated heterocycles. The second-order valence-electron chi connectivity index (χ2n) is 5.02. The minimum atomic E-state index is 0.0978. The molecule has 1 fully saturated rings. The molecule has 2 aliphatic rings. The summed E-state index contributed by atoms with van der Waals surface area (Å²) in [7, 11) is 0. The molecular formula is C12H20N2O. The highest BCUT2D eigenvalue weighted by Crippen LogP contribution is 2.50. The number of piperidine rings is 1. The molecule has 0 amide bonds. The van der Waals surface area contributed by atoms with Crippen molar-refractivity contribution in [3.05, 3.63) is 11.3 Å². The van der Waals surface area contributed by atoms with Crippen molar-refractivity contribution >= 4 is 5.78 Å². The molecule has 1 atom stereocenters. The number of Topliss-reactive ketones (excluding diaryl/α,β-unsaturated/α-hetero) is 1. The molecule has 2 rings (SSSR count). The number of hydrogen-bond donors (Lipinski definition) is 2. The van der Waals surface area contributed by atoms with Crippen LogP contribution in [0.5, 0.6) is 0 Å². The second kappa shape index (κ2) is 3.63. The van der Waals surface area contributed by atoms with Gasteiger partial charge in [0.1, 0.15) is 0 Å². The minimum absolute atomic E-state index is 0.0978. The maximum absolute atomic E-state index is 11.7. The van der Waals surface area contributed by atoms with Gasteiger partial charge in [0.05, 0.1) is 0 Å². The van der Waals surface area contributed by atoms with Gasteiger partial charge in [-0.1, -0.05) is 6.92 Å². The molecule has 3 heteroatoms. The summed E-state index contributed by atoms with van der Waals surface area (Å²) in [6, 6.07) is 0. The number of ketones is 1. The molecular weight excluding hydrogens is 188 g/mol. The zero-order valence-electron chi connectivity index (χ0n) is 9.60. The van der Waals surface area contributed by atoms with E-state index >= 15 is 0 Å². The zero-order valence-corrected chi connectivity index (χ0v) is 9.60. The predicted octanol–water partition coefficient (Wildman–Crippen LogP) is 1.20.